The molecule has 3 aromatic rings. The number of carbonyl (C=O) groups excluding carboxylic acids is 1. The lowest BCUT2D eigenvalue weighted by atomic mass is 10.0. The summed E-state index contributed by atoms with van der Waals surface area (Å²) < 4.78 is 4.13. The zero-order chi connectivity index (χ0) is 18.7. The first-order valence-corrected chi connectivity index (χ1v) is 10.1. The lowest BCUT2D eigenvalue weighted by Crippen LogP contribution is -2.16. The van der Waals surface area contributed by atoms with Gasteiger partial charge in [-0.05, 0) is 35.2 Å². The molecule has 26 heavy (non-hydrogen) atoms. The number of nitrogens with zero attached hydrogens (tertiary/aromatic N) is 2. The lowest BCUT2D eigenvalue weighted by molar-refractivity contribution is -0.117. The van der Waals surface area contributed by atoms with Gasteiger partial charge in [-0.3, -0.25) is 4.79 Å². The minimum absolute atomic E-state index is 0.134. The van der Waals surface area contributed by atoms with Gasteiger partial charge in [0.2, 0.25) is 0 Å². The largest absolute Gasteiger partial charge is 0.313 e. The SMILES string of the molecule is C=CCn1c(=NC(=O)Cc2ccc(C(C)C)cc2)sc2cc(Br)ccc21. The van der Waals surface area contributed by atoms with Crippen LogP contribution in [0.3, 0.4) is 0 Å². The van der Waals surface area contributed by atoms with Crippen molar-refractivity contribution < 1.29 is 4.79 Å². The van der Waals surface area contributed by atoms with Crippen LogP contribution < -0.4 is 4.80 Å². The van der Waals surface area contributed by atoms with Crippen LogP contribution in [0.1, 0.15) is 30.9 Å². The normalized spacial score (nSPS) is 12.1. The summed E-state index contributed by atoms with van der Waals surface area (Å²) in [6, 6.07) is 14.3. The number of hydrogen-bond donors (Lipinski definition) is 0. The van der Waals surface area contributed by atoms with E-state index in [1.807, 2.05) is 41.0 Å². The van der Waals surface area contributed by atoms with E-state index in [9.17, 15) is 4.79 Å². The van der Waals surface area contributed by atoms with Crippen LogP contribution in [-0.4, -0.2) is 10.5 Å². The molecule has 0 bridgehead atoms. The van der Waals surface area contributed by atoms with Crippen LogP contribution in [0.5, 0.6) is 0 Å². The summed E-state index contributed by atoms with van der Waals surface area (Å²) in [6.07, 6.45) is 2.13. The van der Waals surface area contributed by atoms with Gasteiger partial charge in [0.1, 0.15) is 0 Å². The number of thiazole rings is 1. The van der Waals surface area contributed by atoms with E-state index in [2.05, 4.69) is 53.5 Å². The summed E-state index contributed by atoms with van der Waals surface area (Å²) in [5.74, 6) is 0.353. The molecule has 0 fully saturated rings. The molecule has 0 saturated carbocycles. The molecule has 1 amide bonds. The van der Waals surface area contributed by atoms with Crippen molar-refractivity contribution in [1.82, 2.24) is 4.57 Å². The fourth-order valence-electron chi connectivity index (χ4n) is 2.78. The van der Waals surface area contributed by atoms with Crippen LogP contribution in [0.25, 0.3) is 10.2 Å². The van der Waals surface area contributed by atoms with E-state index in [0.29, 0.717) is 23.7 Å². The zero-order valence-corrected chi connectivity index (χ0v) is 17.3. The smallest absolute Gasteiger partial charge is 0.252 e. The molecule has 0 atom stereocenters. The molecule has 0 aliphatic rings. The second-order valence-electron chi connectivity index (χ2n) is 6.47. The number of amides is 1. The van der Waals surface area contributed by atoms with Gasteiger partial charge in [-0.15, -0.1) is 6.58 Å². The highest BCUT2D eigenvalue weighted by Crippen LogP contribution is 2.22. The predicted molar refractivity (Wildman–Crippen MR) is 113 cm³/mol. The first-order valence-electron chi connectivity index (χ1n) is 8.54. The molecule has 3 rings (SSSR count). The van der Waals surface area contributed by atoms with E-state index < -0.39 is 0 Å². The van der Waals surface area contributed by atoms with Crippen molar-refractivity contribution in [3.63, 3.8) is 0 Å². The maximum atomic E-state index is 12.5. The Morgan fingerprint density at radius 1 is 1.27 bits per heavy atom. The quantitative estimate of drug-likeness (QED) is 0.497. The van der Waals surface area contributed by atoms with Crippen molar-refractivity contribution in [2.75, 3.05) is 0 Å². The van der Waals surface area contributed by atoms with Crippen LogP contribution in [0.4, 0.5) is 0 Å². The Labute approximate surface area is 165 Å². The molecule has 0 N–H and O–H groups in total. The summed E-state index contributed by atoms with van der Waals surface area (Å²) in [5.41, 5.74) is 3.32. The molecule has 1 aromatic heterocycles. The molecular formula is C21H21BrN2OS. The first-order chi connectivity index (χ1) is 12.5. The van der Waals surface area contributed by atoms with Crippen molar-refractivity contribution in [1.29, 1.82) is 0 Å². The fraction of sp³-hybridized carbons (Fsp3) is 0.238. The Morgan fingerprint density at radius 3 is 2.65 bits per heavy atom. The molecule has 3 nitrogen and oxygen atoms in total. The van der Waals surface area contributed by atoms with Gasteiger partial charge in [-0.1, -0.05) is 71.5 Å². The zero-order valence-electron chi connectivity index (χ0n) is 14.9. The van der Waals surface area contributed by atoms with E-state index in [0.717, 1.165) is 20.3 Å². The van der Waals surface area contributed by atoms with Gasteiger partial charge in [0.25, 0.3) is 5.91 Å². The third kappa shape index (κ3) is 4.22. The van der Waals surface area contributed by atoms with Gasteiger partial charge in [0.15, 0.2) is 4.80 Å². The minimum atomic E-state index is -0.134. The Hall–Kier alpha value is -1.98. The monoisotopic (exact) mass is 428 g/mol. The number of benzene rings is 2. The molecule has 0 spiro atoms. The van der Waals surface area contributed by atoms with Gasteiger partial charge in [-0.2, -0.15) is 4.99 Å². The number of carbonyl (C=O) groups is 1. The first kappa shape index (κ1) is 18.8. The molecule has 0 saturated heterocycles. The predicted octanol–water partition coefficient (Wildman–Crippen LogP) is 5.44. The number of allylic oxidation sites excluding steroid dienone is 1. The molecule has 0 aliphatic carbocycles. The molecular weight excluding hydrogens is 408 g/mol. The van der Waals surface area contributed by atoms with E-state index in [1.165, 1.54) is 16.9 Å². The minimum Gasteiger partial charge on any atom is -0.313 e. The molecule has 0 radical (unpaired) electrons. The molecule has 5 heteroatoms. The van der Waals surface area contributed by atoms with E-state index >= 15 is 0 Å². The van der Waals surface area contributed by atoms with Crippen molar-refractivity contribution in [2.24, 2.45) is 4.99 Å². The topological polar surface area (TPSA) is 34.4 Å². The Bertz CT molecular complexity index is 1010. The molecule has 1 heterocycles. The third-order valence-electron chi connectivity index (χ3n) is 4.18. The highest BCUT2D eigenvalue weighted by molar-refractivity contribution is 9.10. The van der Waals surface area contributed by atoms with E-state index in [4.69, 9.17) is 0 Å². The number of rotatable bonds is 5. The lowest BCUT2D eigenvalue weighted by Gasteiger charge is -2.05. The summed E-state index contributed by atoms with van der Waals surface area (Å²) in [4.78, 5) is 17.6. The number of aromatic nitrogens is 1. The van der Waals surface area contributed by atoms with Crippen LogP contribution in [-0.2, 0) is 17.8 Å². The van der Waals surface area contributed by atoms with Crippen molar-refractivity contribution in [3.8, 4) is 0 Å². The highest BCUT2D eigenvalue weighted by Gasteiger charge is 2.09. The fourth-order valence-corrected chi connectivity index (χ4v) is 4.39. The van der Waals surface area contributed by atoms with Gasteiger partial charge in [0.05, 0.1) is 16.6 Å². The Balaban J connectivity index is 1.91. The molecule has 134 valence electrons. The molecule has 0 aliphatic heterocycles. The number of halogens is 1. The standard InChI is InChI=1S/C21H21BrN2OS/c1-4-11-24-18-10-9-17(22)13-19(18)26-21(24)23-20(25)12-15-5-7-16(8-6-15)14(2)3/h4-10,13-14H,1,11-12H2,2-3H3. The van der Waals surface area contributed by atoms with Gasteiger partial charge < -0.3 is 4.57 Å². The third-order valence-corrected chi connectivity index (χ3v) is 5.71. The maximum absolute atomic E-state index is 12.5. The summed E-state index contributed by atoms with van der Waals surface area (Å²) in [7, 11) is 0. The Kier molecular flexibility index (Phi) is 5.89. The summed E-state index contributed by atoms with van der Waals surface area (Å²) in [6.45, 7) is 8.76. The average molecular weight is 429 g/mol. The van der Waals surface area contributed by atoms with Crippen LogP contribution in [0.2, 0.25) is 0 Å². The van der Waals surface area contributed by atoms with Gasteiger partial charge in [-0.25, -0.2) is 0 Å². The van der Waals surface area contributed by atoms with Gasteiger partial charge in [0, 0.05) is 11.0 Å². The summed E-state index contributed by atoms with van der Waals surface area (Å²) >= 11 is 5.02. The number of fused-ring (bicyclic) bond motifs is 1. The van der Waals surface area contributed by atoms with E-state index in [-0.39, 0.29) is 5.91 Å². The maximum Gasteiger partial charge on any atom is 0.252 e. The van der Waals surface area contributed by atoms with Crippen LogP contribution in [0, 0.1) is 0 Å². The van der Waals surface area contributed by atoms with Crippen molar-refractivity contribution in [3.05, 3.63) is 75.5 Å². The second-order valence-corrected chi connectivity index (χ2v) is 8.40. The molecule has 0 unspecified atom stereocenters. The second kappa shape index (κ2) is 8.14. The Morgan fingerprint density at radius 2 is 2.00 bits per heavy atom. The van der Waals surface area contributed by atoms with Crippen LogP contribution >= 0.6 is 27.3 Å². The number of hydrogen-bond acceptors (Lipinski definition) is 2. The molecule has 2 aromatic carbocycles. The van der Waals surface area contributed by atoms with Crippen molar-refractivity contribution >= 4 is 43.4 Å². The average Bonchev–Trinajstić information content (AvgIpc) is 2.92. The van der Waals surface area contributed by atoms with Crippen LogP contribution in [0.15, 0.2) is 64.6 Å². The van der Waals surface area contributed by atoms with E-state index in [1.54, 1.807) is 0 Å². The van der Waals surface area contributed by atoms with Gasteiger partial charge >= 0.3 is 0 Å². The highest BCUT2D eigenvalue weighted by atomic mass is 79.9. The summed E-state index contributed by atoms with van der Waals surface area (Å²) in [5, 5.41) is 0. The van der Waals surface area contributed by atoms with Crippen molar-refractivity contribution in [2.45, 2.75) is 32.7 Å².